The number of aryl methyl sites for hydroxylation is 1. The normalized spacial score (nSPS) is 13.5. The number of rotatable bonds is 6. The second-order valence-electron chi connectivity index (χ2n) is 4.41. The minimum Gasteiger partial charge on any atom is -0.399 e. The van der Waals surface area contributed by atoms with E-state index in [0.717, 1.165) is 0 Å². The fraction of sp³-hybridized carbons (Fsp3) is 0.500. The average molecular weight is 272 g/mol. The molecular formula is C12H20N2O3S. The van der Waals surface area contributed by atoms with Crippen LogP contribution in [-0.4, -0.2) is 26.2 Å². The van der Waals surface area contributed by atoms with E-state index in [2.05, 4.69) is 4.72 Å². The van der Waals surface area contributed by atoms with Gasteiger partial charge in [0.05, 0.1) is 11.0 Å². The van der Waals surface area contributed by atoms with Gasteiger partial charge in [-0.25, -0.2) is 13.1 Å². The molecule has 1 aromatic carbocycles. The lowest BCUT2D eigenvalue weighted by atomic mass is 10.2. The number of sulfonamides is 1. The Balaban J connectivity index is 2.71. The van der Waals surface area contributed by atoms with E-state index in [-0.39, 0.29) is 4.90 Å². The summed E-state index contributed by atoms with van der Waals surface area (Å²) in [4.78, 5) is 0.208. The molecule has 0 aliphatic rings. The molecule has 0 heterocycles. The summed E-state index contributed by atoms with van der Waals surface area (Å²) in [6.07, 6.45) is 0.750. The summed E-state index contributed by atoms with van der Waals surface area (Å²) in [7, 11) is -3.52. The van der Waals surface area contributed by atoms with Crippen LogP contribution in [0.1, 0.15) is 25.3 Å². The highest BCUT2D eigenvalue weighted by Crippen LogP contribution is 2.18. The van der Waals surface area contributed by atoms with E-state index in [4.69, 9.17) is 10.8 Å². The highest BCUT2D eigenvalue weighted by atomic mass is 32.2. The molecule has 0 bridgehead atoms. The van der Waals surface area contributed by atoms with Crippen LogP contribution in [0.25, 0.3) is 0 Å². The van der Waals surface area contributed by atoms with Gasteiger partial charge in [-0.15, -0.1) is 0 Å². The van der Waals surface area contributed by atoms with Crippen molar-refractivity contribution in [1.82, 2.24) is 4.72 Å². The maximum Gasteiger partial charge on any atom is 0.240 e. The molecule has 4 N–H and O–H groups in total. The molecule has 0 saturated carbocycles. The van der Waals surface area contributed by atoms with Gasteiger partial charge in [-0.2, -0.15) is 0 Å². The Morgan fingerprint density at radius 2 is 2.11 bits per heavy atom. The van der Waals surface area contributed by atoms with E-state index in [1.165, 1.54) is 6.07 Å². The number of hydrogen-bond donors (Lipinski definition) is 3. The van der Waals surface area contributed by atoms with E-state index >= 15 is 0 Å². The molecule has 18 heavy (non-hydrogen) atoms. The smallest absolute Gasteiger partial charge is 0.240 e. The third-order valence-electron chi connectivity index (χ3n) is 2.59. The van der Waals surface area contributed by atoms with Crippen molar-refractivity contribution < 1.29 is 13.5 Å². The second-order valence-corrected chi connectivity index (χ2v) is 6.15. The number of benzene rings is 1. The summed E-state index contributed by atoms with van der Waals surface area (Å²) in [6.45, 7) is 3.71. The molecule has 102 valence electrons. The van der Waals surface area contributed by atoms with Gasteiger partial charge in [-0.3, -0.25) is 0 Å². The topological polar surface area (TPSA) is 92.4 Å². The molecule has 0 amide bonds. The van der Waals surface area contributed by atoms with Crippen molar-refractivity contribution >= 4 is 15.7 Å². The van der Waals surface area contributed by atoms with Crippen LogP contribution in [-0.2, 0) is 10.0 Å². The number of nitrogens with one attached hydrogen (secondary N) is 1. The first-order valence-corrected chi connectivity index (χ1v) is 7.35. The van der Waals surface area contributed by atoms with E-state index < -0.39 is 16.1 Å². The number of hydrogen-bond acceptors (Lipinski definition) is 4. The zero-order valence-electron chi connectivity index (χ0n) is 10.7. The first-order valence-electron chi connectivity index (χ1n) is 5.87. The Morgan fingerprint density at radius 3 is 2.72 bits per heavy atom. The third-order valence-corrected chi connectivity index (χ3v) is 4.20. The number of nitrogens with two attached hydrogens (primary N) is 1. The fourth-order valence-corrected chi connectivity index (χ4v) is 2.94. The maximum atomic E-state index is 12.0. The lowest BCUT2D eigenvalue weighted by Gasteiger charge is -2.10. The monoisotopic (exact) mass is 272 g/mol. The molecule has 0 aromatic heterocycles. The molecule has 5 nitrogen and oxygen atoms in total. The summed E-state index contributed by atoms with van der Waals surface area (Å²) in [5.74, 6) is 0. The lowest BCUT2D eigenvalue weighted by molar-refractivity contribution is 0.182. The van der Waals surface area contributed by atoms with Gasteiger partial charge < -0.3 is 10.8 Å². The Morgan fingerprint density at radius 1 is 1.44 bits per heavy atom. The Bertz CT molecular complexity index is 498. The van der Waals surface area contributed by atoms with Crippen molar-refractivity contribution in [1.29, 1.82) is 0 Å². The van der Waals surface area contributed by atoms with Crippen LogP contribution in [0.15, 0.2) is 23.1 Å². The van der Waals surface area contributed by atoms with E-state index in [1.54, 1.807) is 26.0 Å². The number of aliphatic hydroxyl groups is 1. The Labute approximate surface area is 108 Å². The van der Waals surface area contributed by atoms with Gasteiger partial charge in [0.2, 0.25) is 10.0 Å². The molecule has 0 aliphatic carbocycles. The van der Waals surface area contributed by atoms with Gasteiger partial charge in [0.25, 0.3) is 0 Å². The molecule has 0 radical (unpaired) electrons. The fourth-order valence-electron chi connectivity index (χ4n) is 1.59. The van der Waals surface area contributed by atoms with Gasteiger partial charge in [0, 0.05) is 12.2 Å². The van der Waals surface area contributed by atoms with Gasteiger partial charge in [0.1, 0.15) is 0 Å². The first-order chi connectivity index (χ1) is 8.33. The van der Waals surface area contributed by atoms with Crippen LogP contribution in [0.3, 0.4) is 0 Å². The molecule has 1 aromatic rings. The van der Waals surface area contributed by atoms with E-state index in [0.29, 0.717) is 30.6 Å². The Hall–Kier alpha value is -1.11. The van der Waals surface area contributed by atoms with Gasteiger partial charge in [-0.1, -0.05) is 6.07 Å². The Kier molecular flexibility index (Phi) is 5.13. The van der Waals surface area contributed by atoms with Crippen molar-refractivity contribution in [2.45, 2.75) is 37.7 Å². The van der Waals surface area contributed by atoms with Crippen molar-refractivity contribution in [3.8, 4) is 0 Å². The molecule has 1 rings (SSSR count). The summed E-state index contributed by atoms with van der Waals surface area (Å²) in [5.41, 5.74) is 6.67. The molecule has 6 heteroatoms. The summed E-state index contributed by atoms with van der Waals surface area (Å²) < 4.78 is 26.5. The first kappa shape index (κ1) is 14.9. The summed E-state index contributed by atoms with van der Waals surface area (Å²) in [6, 6.07) is 4.80. The van der Waals surface area contributed by atoms with Crippen LogP contribution in [0, 0.1) is 6.92 Å². The predicted octanol–water partition coefficient (Wildman–Crippen LogP) is 1.02. The maximum absolute atomic E-state index is 12.0. The zero-order chi connectivity index (χ0) is 13.8. The number of anilines is 1. The molecule has 1 unspecified atom stereocenters. The summed E-state index contributed by atoms with van der Waals surface area (Å²) in [5, 5.41) is 9.09. The molecule has 0 saturated heterocycles. The predicted molar refractivity (Wildman–Crippen MR) is 71.7 cm³/mol. The van der Waals surface area contributed by atoms with Crippen molar-refractivity contribution in [2.75, 3.05) is 12.3 Å². The molecule has 0 fully saturated rings. The van der Waals surface area contributed by atoms with Crippen LogP contribution in [0.5, 0.6) is 0 Å². The second kappa shape index (κ2) is 6.17. The van der Waals surface area contributed by atoms with Crippen molar-refractivity contribution in [2.24, 2.45) is 0 Å². The van der Waals surface area contributed by atoms with Crippen LogP contribution in [0.4, 0.5) is 5.69 Å². The lowest BCUT2D eigenvalue weighted by Crippen LogP contribution is -2.26. The van der Waals surface area contributed by atoms with Gasteiger partial charge >= 0.3 is 0 Å². The minimum absolute atomic E-state index is 0.208. The largest absolute Gasteiger partial charge is 0.399 e. The molecular weight excluding hydrogens is 252 g/mol. The zero-order valence-corrected chi connectivity index (χ0v) is 11.5. The average Bonchev–Trinajstić information content (AvgIpc) is 2.27. The number of nitrogen functional groups attached to an aromatic ring is 1. The van der Waals surface area contributed by atoms with Crippen molar-refractivity contribution in [3.05, 3.63) is 23.8 Å². The minimum atomic E-state index is -3.52. The highest BCUT2D eigenvalue weighted by molar-refractivity contribution is 7.89. The van der Waals surface area contributed by atoms with Crippen molar-refractivity contribution in [3.63, 3.8) is 0 Å². The summed E-state index contributed by atoms with van der Waals surface area (Å²) >= 11 is 0. The van der Waals surface area contributed by atoms with Crippen LogP contribution in [0.2, 0.25) is 0 Å². The van der Waals surface area contributed by atoms with Gasteiger partial charge in [0.15, 0.2) is 0 Å². The molecule has 1 atom stereocenters. The van der Waals surface area contributed by atoms with Gasteiger partial charge in [-0.05, 0) is 44.4 Å². The number of aliphatic hydroxyl groups excluding tert-OH is 1. The van der Waals surface area contributed by atoms with E-state index in [1.807, 2.05) is 0 Å². The quantitative estimate of drug-likeness (QED) is 0.532. The third kappa shape index (κ3) is 4.29. The van der Waals surface area contributed by atoms with Crippen LogP contribution < -0.4 is 10.5 Å². The van der Waals surface area contributed by atoms with Crippen LogP contribution >= 0.6 is 0 Å². The SMILES string of the molecule is Cc1ccc(N)cc1S(=O)(=O)NCCCC(C)O. The highest BCUT2D eigenvalue weighted by Gasteiger charge is 2.16. The van der Waals surface area contributed by atoms with E-state index in [9.17, 15) is 8.42 Å². The molecule has 0 aliphatic heterocycles. The molecule has 0 spiro atoms. The standard InChI is InChI=1S/C12H20N2O3S/c1-9-5-6-11(13)8-12(9)18(16,17)14-7-3-4-10(2)15/h5-6,8,10,14-15H,3-4,7,13H2,1-2H3.